The minimum atomic E-state index is -3.17. The molecule has 0 bridgehead atoms. The van der Waals surface area contributed by atoms with Gasteiger partial charge in [-0.3, -0.25) is 9.59 Å². The molecule has 7 heteroatoms. The fourth-order valence-electron chi connectivity index (χ4n) is 1.13. The quantitative estimate of drug-likeness (QED) is 0.644. The maximum absolute atomic E-state index is 12.0. The molecule has 0 saturated heterocycles. The maximum atomic E-state index is 12.0. The third-order valence-corrected chi connectivity index (χ3v) is 2.65. The number of alkyl halides is 2. The summed E-state index contributed by atoms with van der Waals surface area (Å²) in [6.45, 7) is 0. The summed E-state index contributed by atoms with van der Waals surface area (Å²) in [5, 5.41) is 2.21. The predicted molar refractivity (Wildman–Crippen MR) is 73.0 cm³/mol. The van der Waals surface area contributed by atoms with Crippen LogP contribution in [-0.4, -0.2) is 18.0 Å². The largest absolute Gasteiger partial charge is 0.366 e. The number of hydrogen-bond donors (Lipinski definition) is 1. The van der Waals surface area contributed by atoms with E-state index in [0.717, 1.165) is 12.3 Å². The molecule has 1 aromatic rings. The standard InChI is InChI=1S/C13H9Cl2F2NO2/c14-9-3-1-8(2-4-9)11(19)5-6-18-7-10(15)12(20)13(16)17/h1-7,13,18H. The Morgan fingerprint density at radius 2 is 1.80 bits per heavy atom. The van der Waals surface area contributed by atoms with Crippen LogP contribution in [0.2, 0.25) is 5.02 Å². The number of nitrogens with one attached hydrogen (secondary N) is 1. The topological polar surface area (TPSA) is 46.2 Å². The predicted octanol–water partition coefficient (Wildman–Crippen LogP) is 3.54. The molecule has 0 aromatic heterocycles. The first kappa shape index (κ1) is 16.3. The van der Waals surface area contributed by atoms with Gasteiger partial charge in [-0.15, -0.1) is 0 Å². The van der Waals surface area contributed by atoms with Crippen molar-refractivity contribution in [2.75, 3.05) is 0 Å². The van der Waals surface area contributed by atoms with Gasteiger partial charge in [0.15, 0.2) is 5.78 Å². The smallest absolute Gasteiger partial charge is 0.301 e. The lowest BCUT2D eigenvalue weighted by Gasteiger charge is -1.97. The van der Waals surface area contributed by atoms with Crippen molar-refractivity contribution >= 4 is 34.8 Å². The van der Waals surface area contributed by atoms with Crippen LogP contribution in [0.4, 0.5) is 8.78 Å². The molecular formula is C13H9Cl2F2NO2. The summed E-state index contributed by atoms with van der Waals surface area (Å²) in [5.74, 6) is -1.81. The number of carbonyl (C=O) groups is 2. The lowest BCUT2D eigenvalue weighted by Crippen LogP contribution is -2.11. The number of carbonyl (C=O) groups excluding carboxylic acids is 2. The second-order valence-electron chi connectivity index (χ2n) is 3.53. The van der Waals surface area contributed by atoms with Gasteiger partial charge in [0.25, 0.3) is 0 Å². The summed E-state index contributed by atoms with van der Waals surface area (Å²) in [7, 11) is 0. The van der Waals surface area contributed by atoms with E-state index in [2.05, 4.69) is 5.32 Å². The van der Waals surface area contributed by atoms with E-state index in [4.69, 9.17) is 23.2 Å². The van der Waals surface area contributed by atoms with E-state index in [9.17, 15) is 18.4 Å². The van der Waals surface area contributed by atoms with Crippen LogP contribution in [0, 0.1) is 0 Å². The van der Waals surface area contributed by atoms with E-state index in [0.29, 0.717) is 10.6 Å². The van der Waals surface area contributed by atoms with Gasteiger partial charge < -0.3 is 5.32 Å². The van der Waals surface area contributed by atoms with Crippen molar-refractivity contribution < 1.29 is 18.4 Å². The molecule has 0 unspecified atom stereocenters. The maximum Gasteiger partial charge on any atom is 0.301 e. The molecule has 0 spiro atoms. The molecule has 0 aliphatic heterocycles. The third kappa shape index (κ3) is 5.11. The fraction of sp³-hybridized carbons (Fsp3) is 0.0769. The zero-order chi connectivity index (χ0) is 15.1. The Morgan fingerprint density at radius 1 is 1.20 bits per heavy atom. The SMILES string of the molecule is O=C(C=CNC=C(Cl)C(=O)C(F)F)c1ccc(Cl)cc1. The Labute approximate surface area is 123 Å². The number of Topliss-reactive ketones (excluding diaryl/α,β-unsaturated/α-hetero) is 1. The average Bonchev–Trinajstić information content (AvgIpc) is 2.42. The molecule has 106 valence electrons. The van der Waals surface area contributed by atoms with Gasteiger partial charge in [0.1, 0.15) is 5.03 Å². The highest BCUT2D eigenvalue weighted by atomic mass is 35.5. The van der Waals surface area contributed by atoms with Gasteiger partial charge in [0.2, 0.25) is 5.78 Å². The van der Waals surface area contributed by atoms with Crippen LogP contribution in [0.5, 0.6) is 0 Å². The number of allylic oxidation sites excluding steroid dienone is 2. The van der Waals surface area contributed by atoms with Crippen molar-refractivity contribution in [3.8, 4) is 0 Å². The van der Waals surface area contributed by atoms with Crippen molar-refractivity contribution in [2.24, 2.45) is 0 Å². The van der Waals surface area contributed by atoms with E-state index < -0.39 is 17.2 Å². The van der Waals surface area contributed by atoms with Crippen molar-refractivity contribution in [1.29, 1.82) is 0 Å². The van der Waals surface area contributed by atoms with Crippen LogP contribution in [0.25, 0.3) is 0 Å². The highest BCUT2D eigenvalue weighted by molar-refractivity contribution is 6.42. The Kier molecular flexibility index (Phi) is 6.35. The molecule has 0 heterocycles. The fourth-order valence-corrected chi connectivity index (χ4v) is 1.40. The summed E-state index contributed by atoms with van der Waals surface area (Å²) in [6, 6.07) is 6.21. The summed E-state index contributed by atoms with van der Waals surface area (Å²) >= 11 is 11.0. The van der Waals surface area contributed by atoms with E-state index >= 15 is 0 Å². The first-order valence-electron chi connectivity index (χ1n) is 5.32. The second-order valence-corrected chi connectivity index (χ2v) is 4.37. The Bertz CT molecular complexity index is 554. The average molecular weight is 320 g/mol. The second kappa shape index (κ2) is 7.77. The first-order valence-corrected chi connectivity index (χ1v) is 6.08. The molecule has 0 saturated carbocycles. The van der Waals surface area contributed by atoms with E-state index in [1.54, 1.807) is 12.1 Å². The Hall–Kier alpha value is -1.72. The summed E-state index contributed by atoms with van der Waals surface area (Å²) < 4.78 is 24.0. The Morgan fingerprint density at radius 3 is 2.35 bits per heavy atom. The van der Waals surface area contributed by atoms with Gasteiger partial charge in [-0.1, -0.05) is 23.2 Å². The molecule has 1 N–H and O–H groups in total. The van der Waals surface area contributed by atoms with Crippen LogP contribution >= 0.6 is 23.2 Å². The zero-order valence-corrected chi connectivity index (χ0v) is 11.5. The molecule has 0 fully saturated rings. The molecule has 0 amide bonds. The number of benzene rings is 1. The highest BCUT2D eigenvalue weighted by Gasteiger charge is 2.18. The molecule has 20 heavy (non-hydrogen) atoms. The van der Waals surface area contributed by atoms with Crippen molar-refractivity contribution in [2.45, 2.75) is 6.43 Å². The van der Waals surface area contributed by atoms with Crippen molar-refractivity contribution in [1.82, 2.24) is 5.32 Å². The van der Waals surface area contributed by atoms with Gasteiger partial charge in [-0.2, -0.15) is 0 Å². The van der Waals surface area contributed by atoms with Crippen LogP contribution in [0.1, 0.15) is 10.4 Å². The molecule has 1 aromatic carbocycles. The normalized spacial score (nSPS) is 11.9. The minimum Gasteiger partial charge on any atom is -0.366 e. The van der Waals surface area contributed by atoms with Gasteiger partial charge in [-0.05, 0) is 24.3 Å². The van der Waals surface area contributed by atoms with Crippen LogP contribution in [-0.2, 0) is 4.79 Å². The molecular weight excluding hydrogens is 311 g/mol. The lowest BCUT2D eigenvalue weighted by atomic mass is 10.1. The van der Waals surface area contributed by atoms with Crippen molar-refractivity contribution in [3.05, 3.63) is 58.4 Å². The summed E-state index contributed by atoms with van der Waals surface area (Å²) in [6.07, 6.45) is 0.0523. The lowest BCUT2D eigenvalue weighted by molar-refractivity contribution is -0.124. The molecule has 1 rings (SSSR count). The number of ketones is 2. The zero-order valence-electron chi connectivity index (χ0n) is 9.95. The Balaban J connectivity index is 2.57. The molecule has 0 atom stereocenters. The minimum absolute atomic E-state index is 0.320. The van der Waals surface area contributed by atoms with E-state index in [1.807, 2.05) is 0 Å². The van der Waals surface area contributed by atoms with E-state index in [-0.39, 0.29) is 5.78 Å². The van der Waals surface area contributed by atoms with Gasteiger partial charge >= 0.3 is 6.43 Å². The molecule has 3 nitrogen and oxygen atoms in total. The summed E-state index contributed by atoms with van der Waals surface area (Å²) in [4.78, 5) is 22.4. The number of rotatable bonds is 6. The monoisotopic (exact) mass is 319 g/mol. The molecule has 0 aliphatic rings. The van der Waals surface area contributed by atoms with E-state index in [1.165, 1.54) is 18.3 Å². The van der Waals surface area contributed by atoms with Crippen LogP contribution < -0.4 is 5.32 Å². The van der Waals surface area contributed by atoms with Gasteiger partial charge in [-0.25, -0.2) is 8.78 Å². The first-order chi connectivity index (χ1) is 9.41. The van der Waals surface area contributed by atoms with Crippen LogP contribution in [0.3, 0.4) is 0 Å². The number of hydrogen-bond acceptors (Lipinski definition) is 3. The number of halogens is 4. The highest BCUT2D eigenvalue weighted by Crippen LogP contribution is 2.10. The molecule has 0 aliphatic carbocycles. The summed E-state index contributed by atoms with van der Waals surface area (Å²) in [5.41, 5.74) is 0.409. The van der Waals surface area contributed by atoms with Crippen LogP contribution in [0.15, 0.2) is 47.8 Å². The van der Waals surface area contributed by atoms with Gasteiger partial charge in [0.05, 0.1) is 0 Å². The van der Waals surface area contributed by atoms with Gasteiger partial charge in [0, 0.05) is 29.1 Å². The van der Waals surface area contributed by atoms with Crippen molar-refractivity contribution in [3.63, 3.8) is 0 Å². The molecule has 0 radical (unpaired) electrons. The third-order valence-electron chi connectivity index (χ3n) is 2.10.